The highest BCUT2D eigenvalue weighted by molar-refractivity contribution is 5.89. The van der Waals surface area contributed by atoms with E-state index in [1.54, 1.807) is 12.4 Å². The van der Waals surface area contributed by atoms with Gasteiger partial charge in [-0.15, -0.1) is 0 Å². The molecule has 4 heterocycles. The molecule has 2 aromatic carbocycles. The van der Waals surface area contributed by atoms with Crippen molar-refractivity contribution in [3.8, 4) is 11.3 Å². The van der Waals surface area contributed by atoms with Gasteiger partial charge in [-0.05, 0) is 86.2 Å². The first kappa shape index (κ1) is 27.6. The third-order valence-corrected chi connectivity index (χ3v) is 9.60. The third kappa shape index (κ3) is 5.37. The van der Waals surface area contributed by atoms with Gasteiger partial charge in [-0.3, -0.25) is 4.99 Å². The highest BCUT2D eigenvalue weighted by Crippen LogP contribution is 2.43. The molecular weight excluding hydrogens is 534 g/mol. The molecule has 8 heteroatoms. The Morgan fingerprint density at radius 2 is 1.67 bits per heavy atom. The summed E-state index contributed by atoms with van der Waals surface area (Å²) in [4.78, 5) is 18.7. The second-order valence-corrected chi connectivity index (χ2v) is 12.4. The highest BCUT2D eigenvalue weighted by atomic mass is 16.5. The van der Waals surface area contributed by atoms with E-state index >= 15 is 0 Å². The van der Waals surface area contributed by atoms with E-state index in [-0.39, 0.29) is 5.54 Å². The zero-order valence-corrected chi connectivity index (χ0v) is 24.7. The molecule has 1 saturated carbocycles. The van der Waals surface area contributed by atoms with Gasteiger partial charge in [-0.2, -0.15) is 0 Å². The molecule has 1 aliphatic carbocycles. The molecule has 43 heavy (non-hydrogen) atoms. The molecule has 220 valence electrons. The first-order valence-electron chi connectivity index (χ1n) is 15.2. The number of aromatic nitrogens is 2. The zero-order valence-electron chi connectivity index (χ0n) is 24.7. The van der Waals surface area contributed by atoms with Gasteiger partial charge in [0.15, 0.2) is 5.82 Å². The van der Waals surface area contributed by atoms with Crippen LogP contribution in [0.1, 0.15) is 43.2 Å². The summed E-state index contributed by atoms with van der Waals surface area (Å²) in [5, 5.41) is 0. The van der Waals surface area contributed by atoms with Crippen LogP contribution in [0.5, 0.6) is 0 Å². The number of aliphatic imine (C=N–C) groups is 1. The van der Waals surface area contributed by atoms with E-state index in [9.17, 15) is 0 Å². The Balaban J connectivity index is 1.17. The molecule has 0 unspecified atom stereocenters. The number of nitrogen functional groups attached to an aromatic ring is 1. The average Bonchev–Trinajstić information content (AvgIpc) is 3.02. The van der Waals surface area contributed by atoms with Gasteiger partial charge in [0, 0.05) is 79.2 Å². The maximum Gasteiger partial charge on any atom is 0.159 e. The van der Waals surface area contributed by atoms with Crippen LogP contribution in [-0.4, -0.2) is 49.5 Å². The molecule has 0 radical (unpaired) electrons. The second-order valence-electron chi connectivity index (χ2n) is 12.4. The molecule has 2 aliphatic heterocycles. The summed E-state index contributed by atoms with van der Waals surface area (Å²) in [7, 11) is 2.03. The van der Waals surface area contributed by atoms with Crippen molar-refractivity contribution in [1.82, 2.24) is 9.97 Å². The predicted molar refractivity (Wildman–Crippen MR) is 174 cm³/mol. The molecule has 3 aliphatic rings. The zero-order chi connectivity index (χ0) is 29.4. The minimum Gasteiger partial charge on any atom is -0.383 e. The van der Waals surface area contributed by atoms with Crippen LogP contribution in [0.15, 0.2) is 84.0 Å². The van der Waals surface area contributed by atoms with Crippen LogP contribution in [0.4, 0.5) is 28.7 Å². The van der Waals surface area contributed by atoms with Crippen LogP contribution in [0.25, 0.3) is 11.3 Å². The Morgan fingerprint density at radius 1 is 0.930 bits per heavy atom. The lowest BCUT2D eigenvalue weighted by Gasteiger charge is -2.53. The average molecular weight is 574 g/mol. The predicted octanol–water partition coefficient (Wildman–Crippen LogP) is 6.20. The number of hydrogen-bond donors (Lipinski definition) is 2. The van der Waals surface area contributed by atoms with E-state index in [1.807, 2.05) is 31.3 Å². The van der Waals surface area contributed by atoms with Crippen LogP contribution in [0.3, 0.4) is 0 Å². The molecule has 0 atom stereocenters. The molecule has 0 amide bonds. The number of anilines is 4. The van der Waals surface area contributed by atoms with Crippen LogP contribution < -0.4 is 21.3 Å². The van der Waals surface area contributed by atoms with E-state index < -0.39 is 0 Å². The summed E-state index contributed by atoms with van der Waals surface area (Å²) >= 11 is 0. The monoisotopic (exact) mass is 573 g/mol. The third-order valence-electron chi connectivity index (χ3n) is 9.60. The standard InChI is InChI=1S/C35H39N7O/c1-41(28-11-7-27(8-12-28)35(37)15-3-16-35)33-31(39-22-26-4-2-19-38-32(26)36)14-13-30(40-33)25-5-9-29(10-6-25)42-23-34(24-42)17-20-43-21-18-34/h2,4-14,19,22H,3,15-18,20-21,23-24,37H2,1H3,(H2,36,38)/b39-22+. The van der Waals surface area contributed by atoms with Crippen molar-refractivity contribution in [2.24, 2.45) is 16.1 Å². The Hall–Kier alpha value is -4.27. The van der Waals surface area contributed by atoms with Crippen molar-refractivity contribution >= 4 is 34.9 Å². The first-order chi connectivity index (χ1) is 20.9. The number of ether oxygens (including phenoxy) is 1. The minimum atomic E-state index is -0.192. The lowest BCUT2D eigenvalue weighted by molar-refractivity contribution is -0.000190. The van der Waals surface area contributed by atoms with Crippen molar-refractivity contribution in [1.29, 1.82) is 0 Å². The van der Waals surface area contributed by atoms with E-state index in [0.29, 0.717) is 11.2 Å². The lowest BCUT2D eigenvalue weighted by atomic mass is 9.73. The Kier molecular flexibility index (Phi) is 7.11. The van der Waals surface area contributed by atoms with Crippen LogP contribution in [0, 0.1) is 5.41 Å². The van der Waals surface area contributed by atoms with E-state index in [0.717, 1.165) is 73.2 Å². The summed E-state index contributed by atoms with van der Waals surface area (Å²) in [6.07, 6.45) is 9.02. The van der Waals surface area contributed by atoms with Crippen LogP contribution >= 0.6 is 0 Å². The molecule has 4 aromatic rings. The molecule has 1 spiro atoms. The molecule has 4 N–H and O–H groups in total. The number of rotatable bonds is 7. The van der Waals surface area contributed by atoms with Gasteiger partial charge in [0.2, 0.25) is 0 Å². The van der Waals surface area contributed by atoms with Crippen molar-refractivity contribution in [2.75, 3.05) is 48.9 Å². The van der Waals surface area contributed by atoms with E-state index in [1.165, 1.54) is 30.5 Å². The summed E-state index contributed by atoms with van der Waals surface area (Å²) in [6.45, 7) is 4.01. The van der Waals surface area contributed by atoms with Gasteiger partial charge in [-0.1, -0.05) is 24.3 Å². The molecule has 2 saturated heterocycles. The molecule has 2 aromatic heterocycles. The minimum absolute atomic E-state index is 0.192. The molecular formula is C35H39N7O. The molecule has 8 nitrogen and oxygen atoms in total. The highest BCUT2D eigenvalue weighted by Gasteiger charge is 2.43. The fourth-order valence-corrected chi connectivity index (χ4v) is 6.52. The van der Waals surface area contributed by atoms with Gasteiger partial charge in [-0.25, -0.2) is 9.97 Å². The van der Waals surface area contributed by atoms with Crippen LogP contribution in [-0.2, 0) is 10.3 Å². The smallest absolute Gasteiger partial charge is 0.159 e. The Bertz CT molecular complexity index is 1620. The van der Waals surface area contributed by atoms with Crippen molar-refractivity contribution in [3.05, 3.63) is 90.1 Å². The summed E-state index contributed by atoms with van der Waals surface area (Å²) < 4.78 is 5.59. The molecule has 0 bridgehead atoms. The van der Waals surface area contributed by atoms with Crippen molar-refractivity contribution in [2.45, 2.75) is 37.6 Å². The molecule has 7 rings (SSSR count). The fraction of sp³-hybridized carbons (Fsp3) is 0.343. The Labute approximate surface area is 253 Å². The van der Waals surface area contributed by atoms with E-state index in [4.69, 9.17) is 26.2 Å². The van der Waals surface area contributed by atoms with Crippen LogP contribution in [0.2, 0.25) is 0 Å². The van der Waals surface area contributed by atoms with Crippen molar-refractivity contribution < 1.29 is 4.74 Å². The fourth-order valence-electron chi connectivity index (χ4n) is 6.52. The maximum absolute atomic E-state index is 6.59. The number of benzene rings is 2. The first-order valence-corrected chi connectivity index (χ1v) is 15.2. The number of hydrogen-bond acceptors (Lipinski definition) is 8. The maximum atomic E-state index is 6.59. The SMILES string of the molecule is CN(c1ccc(C2(N)CCC2)cc1)c1nc(-c2ccc(N3CC4(CCOCC4)C3)cc2)ccc1/N=C/c1cccnc1N. The normalized spacial score (nSPS) is 18.8. The van der Waals surface area contributed by atoms with Gasteiger partial charge < -0.3 is 26.0 Å². The second kappa shape index (κ2) is 11.1. The number of nitrogens with two attached hydrogens (primary N) is 2. The summed E-state index contributed by atoms with van der Waals surface area (Å²) in [5.74, 6) is 1.20. The lowest BCUT2D eigenvalue weighted by Crippen LogP contribution is -2.58. The van der Waals surface area contributed by atoms with E-state index in [2.05, 4.69) is 63.3 Å². The quantitative estimate of drug-likeness (QED) is 0.254. The Morgan fingerprint density at radius 3 is 2.35 bits per heavy atom. The summed E-state index contributed by atoms with van der Waals surface area (Å²) in [6, 6.07) is 25.1. The molecule has 3 fully saturated rings. The van der Waals surface area contributed by atoms with Crippen molar-refractivity contribution in [3.63, 3.8) is 0 Å². The van der Waals surface area contributed by atoms with Gasteiger partial charge >= 0.3 is 0 Å². The topological polar surface area (TPSA) is 106 Å². The largest absolute Gasteiger partial charge is 0.383 e. The number of nitrogens with zero attached hydrogens (tertiary/aromatic N) is 5. The van der Waals surface area contributed by atoms with Gasteiger partial charge in [0.1, 0.15) is 11.5 Å². The van der Waals surface area contributed by atoms with Gasteiger partial charge in [0.05, 0.1) is 5.69 Å². The summed E-state index contributed by atoms with van der Waals surface area (Å²) in [5.41, 5.74) is 19.8. The van der Waals surface area contributed by atoms with Gasteiger partial charge in [0.25, 0.3) is 0 Å². The number of pyridine rings is 2.